The Balaban J connectivity index is 2.54. The van der Waals surface area contributed by atoms with Crippen molar-refractivity contribution in [1.82, 2.24) is 0 Å². The Bertz CT molecular complexity index is 167. The molecule has 1 fully saturated rings. The molecule has 0 aromatic carbocycles. The third kappa shape index (κ3) is 1.62. The molecular weight excluding hydrogens is 140 g/mol. The van der Waals surface area contributed by atoms with Crippen LogP contribution in [-0.2, 0) is 4.79 Å². The van der Waals surface area contributed by atoms with E-state index in [1.807, 2.05) is 20.8 Å². The molecule has 1 aliphatic carbocycles. The number of ketones is 1. The van der Waals surface area contributed by atoms with Crippen molar-refractivity contribution in [3.8, 4) is 0 Å². The molecule has 0 heterocycles. The molecule has 11 heavy (non-hydrogen) atoms. The van der Waals surface area contributed by atoms with E-state index in [1.165, 1.54) is 0 Å². The maximum absolute atomic E-state index is 11.0. The summed E-state index contributed by atoms with van der Waals surface area (Å²) in [6.07, 6.45) is 1.08. The van der Waals surface area contributed by atoms with Crippen molar-refractivity contribution < 1.29 is 9.90 Å². The lowest BCUT2D eigenvalue weighted by molar-refractivity contribution is -0.138. The summed E-state index contributed by atoms with van der Waals surface area (Å²) >= 11 is 0. The van der Waals surface area contributed by atoms with Crippen LogP contribution in [0.3, 0.4) is 0 Å². The second kappa shape index (κ2) is 2.59. The Labute approximate surface area is 67.6 Å². The van der Waals surface area contributed by atoms with Gasteiger partial charge in [-0.1, -0.05) is 20.8 Å². The molecule has 0 unspecified atom stereocenters. The van der Waals surface area contributed by atoms with Crippen LogP contribution in [-0.4, -0.2) is 17.0 Å². The molecule has 2 heteroatoms. The molecule has 2 nitrogen and oxygen atoms in total. The van der Waals surface area contributed by atoms with Gasteiger partial charge in [0.05, 0.1) is 6.10 Å². The van der Waals surface area contributed by atoms with Gasteiger partial charge in [-0.05, 0) is 11.8 Å². The fourth-order valence-corrected chi connectivity index (χ4v) is 1.37. The Morgan fingerprint density at radius 2 is 2.09 bits per heavy atom. The highest BCUT2D eigenvalue weighted by Crippen LogP contribution is 2.34. The van der Waals surface area contributed by atoms with Gasteiger partial charge in [0, 0.05) is 12.3 Å². The number of Topliss-reactive ketones (excluding diaryl/α,β-unsaturated/α-hetero) is 1. The summed E-state index contributed by atoms with van der Waals surface area (Å²) in [4.78, 5) is 11.0. The Morgan fingerprint density at radius 3 is 2.18 bits per heavy atom. The molecule has 0 aliphatic heterocycles. The number of hydrogen-bond acceptors (Lipinski definition) is 2. The number of carbonyl (C=O) groups is 1. The van der Waals surface area contributed by atoms with Gasteiger partial charge in [-0.15, -0.1) is 0 Å². The zero-order valence-electron chi connectivity index (χ0n) is 7.42. The van der Waals surface area contributed by atoms with Crippen LogP contribution in [0.2, 0.25) is 0 Å². The summed E-state index contributed by atoms with van der Waals surface area (Å²) in [5.74, 6) is 0.155. The van der Waals surface area contributed by atoms with Crippen molar-refractivity contribution in [2.24, 2.45) is 11.3 Å². The summed E-state index contributed by atoms with van der Waals surface area (Å²) in [5.41, 5.74) is -0.152. The lowest BCUT2D eigenvalue weighted by Crippen LogP contribution is -2.43. The summed E-state index contributed by atoms with van der Waals surface area (Å²) in [5, 5.41) is 9.66. The van der Waals surface area contributed by atoms with Gasteiger partial charge < -0.3 is 5.11 Å². The van der Waals surface area contributed by atoms with Crippen molar-refractivity contribution in [2.45, 2.75) is 39.7 Å². The van der Waals surface area contributed by atoms with Gasteiger partial charge in [-0.3, -0.25) is 4.79 Å². The normalized spacial score (nSPS) is 28.0. The Hall–Kier alpha value is -0.370. The van der Waals surface area contributed by atoms with Crippen LogP contribution in [0.4, 0.5) is 0 Å². The van der Waals surface area contributed by atoms with Crippen molar-refractivity contribution in [2.75, 3.05) is 0 Å². The average molecular weight is 156 g/mol. The lowest BCUT2D eigenvalue weighted by atomic mass is 9.71. The van der Waals surface area contributed by atoms with Gasteiger partial charge >= 0.3 is 0 Å². The van der Waals surface area contributed by atoms with E-state index in [2.05, 4.69) is 0 Å². The fraction of sp³-hybridized carbons (Fsp3) is 0.889. The molecule has 0 aromatic heterocycles. The third-order valence-corrected chi connectivity index (χ3v) is 2.38. The van der Waals surface area contributed by atoms with Crippen LogP contribution in [0.15, 0.2) is 0 Å². The van der Waals surface area contributed by atoms with Gasteiger partial charge in [0.1, 0.15) is 5.78 Å². The summed E-state index contributed by atoms with van der Waals surface area (Å²) in [6, 6.07) is 0. The second-order valence-electron chi connectivity index (χ2n) is 4.42. The first-order chi connectivity index (χ1) is 4.93. The first kappa shape index (κ1) is 8.72. The molecule has 0 saturated heterocycles. The van der Waals surface area contributed by atoms with Crippen molar-refractivity contribution in [3.63, 3.8) is 0 Å². The van der Waals surface area contributed by atoms with Crippen LogP contribution >= 0.6 is 0 Å². The molecule has 1 aliphatic rings. The number of hydrogen-bond donors (Lipinski definition) is 1. The number of aliphatic hydroxyl groups is 1. The molecule has 0 spiro atoms. The summed E-state index contributed by atoms with van der Waals surface area (Å²) in [7, 11) is 0. The molecule has 2 atom stereocenters. The maximum Gasteiger partial charge on any atom is 0.138 e. The monoisotopic (exact) mass is 156 g/mol. The number of aliphatic hydroxyl groups excluding tert-OH is 1. The SMILES string of the molecule is CC(C)(C)[C@H](O)[C@H]1CCC1=O. The van der Waals surface area contributed by atoms with Crippen molar-refractivity contribution >= 4 is 5.78 Å². The minimum Gasteiger partial charge on any atom is -0.392 e. The highest BCUT2D eigenvalue weighted by Gasteiger charge is 2.39. The largest absolute Gasteiger partial charge is 0.392 e. The standard InChI is InChI=1S/C9H16O2/c1-9(2,3)8(11)6-4-5-7(6)10/h6,8,11H,4-5H2,1-3H3/t6-,8+/m0/s1. The highest BCUT2D eigenvalue weighted by atomic mass is 16.3. The Morgan fingerprint density at radius 1 is 1.55 bits per heavy atom. The quantitative estimate of drug-likeness (QED) is 0.622. The summed E-state index contributed by atoms with van der Waals surface area (Å²) < 4.78 is 0. The zero-order valence-corrected chi connectivity index (χ0v) is 7.42. The molecule has 1 saturated carbocycles. The first-order valence-electron chi connectivity index (χ1n) is 4.13. The van der Waals surface area contributed by atoms with E-state index in [9.17, 15) is 9.90 Å². The maximum atomic E-state index is 11.0. The average Bonchev–Trinajstić information content (AvgIpc) is 1.83. The third-order valence-electron chi connectivity index (χ3n) is 2.38. The van der Waals surface area contributed by atoms with Crippen LogP contribution in [0.5, 0.6) is 0 Å². The molecular formula is C9H16O2. The van der Waals surface area contributed by atoms with Gasteiger partial charge in [0.2, 0.25) is 0 Å². The van der Waals surface area contributed by atoms with E-state index in [-0.39, 0.29) is 17.1 Å². The van der Waals surface area contributed by atoms with Crippen LogP contribution < -0.4 is 0 Å². The van der Waals surface area contributed by atoms with E-state index in [0.29, 0.717) is 6.42 Å². The molecule has 0 aromatic rings. The molecule has 0 amide bonds. The van der Waals surface area contributed by atoms with Gasteiger partial charge in [-0.25, -0.2) is 0 Å². The molecule has 64 valence electrons. The van der Waals surface area contributed by atoms with E-state index in [4.69, 9.17) is 0 Å². The topological polar surface area (TPSA) is 37.3 Å². The fourth-order valence-electron chi connectivity index (χ4n) is 1.37. The molecule has 1 rings (SSSR count). The highest BCUT2D eigenvalue weighted by molar-refractivity contribution is 5.86. The van der Waals surface area contributed by atoms with Gasteiger partial charge in [0.15, 0.2) is 0 Å². The van der Waals surface area contributed by atoms with Crippen LogP contribution in [0.25, 0.3) is 0 Å². The number of rotatable bonds is 1. The predicted molar refractivity (Wildman–Crippen MR) is 43.2 cm³/mol. The minimum absolute atomic E-state index is 0.0741. The zero-order chi connectivity index (χ0) is 8.65. The smallest absolute Gasteiger partial charge is 0.138 e. The van der Waals surface area contributed by atoms with Gasteiger partial charge in [-0.2, -0.15) is 0 Å². The Kier molecular flexibility index (Phi) is 2.06. The molecule has 1 N–H and O–H groups in total. The second-order valence-corrected chi connectivity index (χ2v) is 4.42. The van der Waals surface area contributed by atoms with E-state index in [1.54, 1.807) is 0 Å². The minimum atomic E-state index is -0.455. The van der Waals surface area contributed by atoms with E-state index in [0.717, 1.165) is 6.42 Å². The molecule has 0 bridgehead atoms. The van der Waals surface area contributed by atoms with Crippen molar-refractivity contribution in [1.29, 1.82) is 0 Å². The predicted octanol–water partition coefficient (Wildman–Crippen LogP) is 1.37. The first-order valence-corrected chi connectivity index (χ1v) is 4.13. The molecule has 0 radical (unpaired) electrons. The van der Waals surface area contributed by atoms with E-state index >= 15 is 0 Å². The van der Waals surface area contributed by atoms with Gasteiger partial charge in [0.25, 0.3) is 0 Å². The van der Waals surface area contributed by atoms with Crippen LogP contribution in [0, 0.1) is 11.3 Å². The van der Waals surface area contributed by atoms with E-state index < -0.39 is 6.10 Å². The summed E-state index contributed by atoms with van der Waals surface area (Å²) in [6.45, 7) is 5.88. The van der Waals surface area contributed by atoms with Crippen LogP contribution in [0.1, 0.15) is 33.6 Å². The van der Waals surface area contributed by atoms with Crippen molar-refractivity contribution in [3.05, 3.63) is 0 Å². The lowest BCUT2D eigenvalue weighted by Gasteiger charge is -2.36. The number of carbonyl (C=O) groups excluding carboxylic acids is 1.